The summed E-state index contributed by atoms with van der Waals surface area (Å²) in [7, 11) is 0. The standard InChI is InChI=1S/C12H18N2O2/c15-11(9-4-1-2-7-13-9)12-14-8-5-3-6-10(8)16-12/h9,11,13,15H,1-7H2. The number of aliphatic hydroxyl groups is 1. The van der Waals surface area contributed by atoms with Crippen LogP contribution in [-0.2, 0) is 12.8 Å². The zero-order chi connectivity index (χ0) is 11.0. The highest BCUT2D eigenvalue weighted by Crippen LogP contribution is 2.28. The van der Waals surface area contributed by atoms with Gasteiger partial charge in [0.2, 0.25) is 5.89 Å². The quantitative estimate of drug-likeness (QED) is 0.792. The normalized spacial score (nSPS) is 26.7. The number of hydrogen-bond donors (Lipinski definition) is 2. The molecule has 3 rings (SSSR count). The van der Waals surface area contributed by atoms with Crippen molar-refractivity contribution in [2.45, 2.75) is 50.7 Å². The van der Waals surface area contributed by atoms with Crippen LogP contribution in [0.15, 0.2) is 4.42 Å². The van der Waals surface area contributed by atoms with Crippen LogP contribution in [-0.4, -0.2) is 22.7 Å². The van der Waals surface area contributed by atoms with Crippen molar-refractivity contribution in [1.29, 1.82) is 0 Å². The molecule has 1 aromatic heterocycles. The minimum Gasteiger partial charge on any atom is -0.443 e. The lowest BCUT2D eigenvalue weighted by atomic mass is 10.00. The molecule has 2 atom stereocenters. The summed E-state index contributed by atoms with van der Waals surface area (Å²) in [4.78, 5) is 4.41. The van der Waals surface area contributed by atoms with Crippen molar-refractivity contribution in [3.8, 4) is 0 Å². The molecule has 16 heavy (non-hydrogen) atoms. The van der Waals surface area contributed by atoms with Gasteiger partial charge in [-0.15, -0.1) is 0 Å². The summed E-state index contributed by atoms with van der Waals surface area (Å²) in [5.41, 5.74) is 1.06. The number of aliphatic hydroxyl groups excluding tert-OH is 1. The van der Waals surface area contributed by atoms with Gasteiger partial charge in [0.25, 0.3) is 0 Å². The average Bonchev–Trinajstić information content (AvgIpc) is 2.89. The van der Waals surface area contributed by atoms with Gasteiger partial charge in [0, 0.05) is 12.5 Å². The van der Waals surface area contributed by atoms with E-state index >= 15 is 0 Å². The van der Waals surface area contributed by atoms with Gasteiger partial charge in [-0.1, -0.05) is 6.42 Å². The molecule has 1 aliphatic carbocycles. The van der Waals surface area contributed by atoms with Crippen LogP contribution in [0.5, 0.6) is 0 Å². The highest BCUT2D eigenvalue weighted by molar-refractivity contribution is 5.16. The predicted octanol–water partition coefficient (Wildman–Crippen LogP) is 1.34. The van der Waals surface area contributed by atoms with E-state index in [4.69, 9.17) is 4.42 Å². The van der Waals surface area contributed by atoms with Gasteiger partial charge in [-0.2, -0.15) is 0 Å². The number of nitrogens with zero attached hydrogens (tertiary/aromatic N) is 1. The van der Waals surface area contributed by atoms with Crippen molar-refractivity contribution in [2.24, 2.45) is 0 Å². The summed E-state index contributed by atoms with van der Waals surface area (Å²) in [6, 6.07) is 0.118. The monoisotopic (exact) mass is 222 g/mol. The largest absolute Gasteiger partial charge is 0.443 e. The van der Waals surface area contributed by atoms with Crippen LogP contribution in [0.4, 0.5) is 0 Å². The number of hydrogen-bond acceptors (Lipinski definition) is 4. The molecule has 1 saturated heterocycles. The number of nitrogens with one attached hydrogen (secondary N) is 1. The molecule has 2 heterocycles. The summed E-state index contributed by atoms with van der Waals surface area (Å²) < 4.78 is 5.64. The number of rotatable bonds is 2. The molecular weight excluding hydrogens is 204 g/mol. The molecule has 0 saturated carbocycles. The van der Waals surface area contributed by atoms with Crippen molar-refractivity contribution < 1.29 is 9.52 Å². The molecule has 0 aromatic carbocycles. The Morgan fingerprint density at radius 1 is 1.31 bits per heavy atom. The second kappa shape index (κ2) is 4.18. The lowest BCUT2D eigenvalue weighted by molar-refractivity contribution is 0.0860. The van der Waals surface area contributed by atoms with Gasteiger partial charge < -0.3 is 14.8 Å². The first kappa shape index (κ1) is 10.3. The second-order valence-corrected chi connectivity index (χ2v) is 4.78. The third kappa shape index (κ3) is 1.76. The van der Waals surface area contributed by atoms with Crippen LogP contribution in [0.1, 0.15) is 49.1 Å². The fraction of sp³-hybridized carbons (Fsp3) is 0.750. The average molecular weight is 222 g/mol. The van der Waals surface area contributed by atoms with Gasteiger partial charge >= 0.3 is 0 Å². The smallest absolute Gasteiger partial charge is 0.225 e. The lowest BCUT2D eigenvalue weighted by Crippen LogP contribution is -2.38. The first-order chi connectivity index (χ1) is 7.84. The molecule has 0 radical (unpaired) electrons. The molecule has 88 valence electrons. The molecule has 1 aromatic rings. The van der Waals surface area contributed by atoms with Crippen molar-refractivity contribution in [1.82, 2.24) is 10.3 Å². The van der Waals surface area contributed by atoms with Gasteiger partial charge in [0.1, 0.15) is 11.9 Å². The van der Waals surface area contributed by atoms with E-state index in [1.54, 1.807) is 0 Å². The number of piperidine rings is 1. The lowest BCUT2D eigenvalue weighted by Gasteiger charge is -2.26. The third-order valence-corrected chi connectivity index (χ3v) is 3.59. The van der Waals surface area contributed by atoms with E-state index in [1.165, 1.54) is 12.8 Å². The Morgan fingerprint density at radius 2 is 2.25 bits per heavy atom. The van der Waals surface area contributed by atoms with Crippen LogP contribution < -0.4 is 5.32 Å². The molecule has 4 heteroatoms. The van der Waals surface area contributed by atoms with Gasteiger partial charge in [0.15, 0.2) is 0 Å². The van der Waals surface area contributed by atoms with E-state index in [-0.39, 0.29) is 6.04 Å². The molecule has 1 fully saturated rings. The van der Waals surface area contributed by atoms with Crippen molar-refractivity contribution in [3.63, 3.8) is 0 Å². The molecule has 4 nitrogen and oxygen atoms in total. The van der Waals surface area contributed by atoms with Crippen LogP contribution in [0.2, 0.25) is 0 Å². The highest BCUT2D eigenvalue weighted by Gasteiger charge is 2.29. The number of oxazole rings is 1. The van der Waals surface area contributed by atoms with Gasteiger partial charge in [-0.05, 0) is 32.2 Å². The minimum atomic E-state index is -0.578. The summed E-state index contributed by atoms with van der Waals surface area (Å²) >= 11 is 0. The first-order valence-electron chi connectivity index (χ1n) is 6.24. The zero-order valence-corrected chi connectivity index (χ0v) is 9.41. The Kier molecular flexibility index (Phi) is 2.69. The number of fused-ring (bicyclic) bond motifs is 1. The van der Waals surface area contributed by atoms with E-state index in [2.05, 4.69) is 10.3 Å². The molecule has 0 spiro atoms. The highest BCUT2D eigenvalue weighted by atomic mass is 16.4. The topological polar surface area (TPSA) is 58.3 Å². The maximum atomic E-state index is 10.2. The van der Waals surface area contributed by atoms with E-state index in [0.717, 1.165) is 43.7 Å². The number of aryl methyl sites for hydroxylation is 2. The van der Waals surface area contributed by atoms with E-state index in [9.17, 15) is 5.11 Å². The minimum absolute atomic E-state index is 0.118. The van der Waals surface area contributed by atoms with Crippen molar-refractivity contribution in [2.75, 3.05) is 6.54 Å². The second-order valence-electron chi connectivity index (χ2n) is 4.78. The Bertz CT molecular complexity index is 348. The molecule has 0 bridgehead atoms. The first-order valence-corrected chi connectivity index (χ1v) is 6.24. The summed E-state index contributed by atoms with van der Waals surface area (Å²) in [5, 5.41) is 13.5. The summed E-state index contributed by atoms with van der Waals surface area (Å²) in [6.45, 7) is 0.988. The SMILES string of the molecule is OC(c1nc2c(o1)CCC2)C1CCCCN1. The maximum absolute atomic E-state index is 10.2. The molecule has 1 aliphatic heterocycles. The van der Waals surface area contributed by atoms with Crippen molar-refractivity contribution in [3.05, 3.63) is 17.3 Å². The van der Waals surface area contributed by atoms with Crippen LogP contribution in [0.3, 0.4) is 0 Å². The zero-order valence-electron chi connectivity index (χ0n) is 9.41. The third-order valence-electron chi connectivity index (χ3n) is 3.59. The molecule has 2 N–H and O–H groups in total. The predicted molar refractivity (Wildman–Crippen MR) is 59.1 cm³/mol. The summed E-state index contributed by atoms with van der Waals surface area (Å²) in [5.74, 6) is 1.51. The molecule has 2 unspecified atom stereocenters. The maximum Gasteiger partial charge on any atom is 0.225 e. The Hall–Kier alpha value is -0.870. The molecular formula is C12H18N2O2. The van der Waals surface area contributed by atoms with Crippen LogP contribution in [0, 0.1) is 0 Å². The number of aromatic nitrogens is 1. The van der Waals surface area contributed by atoms with Crippen molar-refractivity contribution >= 4 is 0 Å². The Morgan fingerprint density at radius 3 is 3.00 bits per heavy atom. The van der Waals surface area contributed by atoms with Gasteiger partial charge in [-0.25, -0.2) is 4.98 Å². The van der Waals surface area contributed by atoms with E-state index in [0.29, 0.717) is 5.89 Å². The van der Waals surface area contributed by atoms with Gasteiger partial charge in [0.05, 0.1) is 5.69 Å². The molecule has 2 aliphatic rings. The van der Waals surface area contributed by atoms with Gasteiger partial charge in [-0.3, -0.25) is 0 Å². The summed E-state index contributed by atoms with van der Waals surface area (Å²) in [6.07, 6.45) is 5.93. The van der Waals surface area contributed by atoms with E-state index < -0.39 is 6.10 Å². The van der Waals surface area contributed by atoms with Crippen LogP contribution in [0.25, 0.3) is 0 Å². The van der Waals surface area contributed by atoms with E-state index in [1.807, 2.05) is 0 Å². The Labute approximate surface area is 95.1 Å². The molecule has 0 amide bonds. The fourth-order valence-corrected chi connectivity index (χ4v) is 2.66. The van der Waals surface area contributed by atoms with Crippen LogP contribution >= 0.6 is 0 Å². The fourth-order valence-electron chi connectivity index (χ4n) is 2.66. The Balaban J connectivity index is 1.75.